The fourth-order valence-corrected chi connectivity index (χ4v) is 2.32. The Balaban J connectivity index is 2.35. The van der Waals surface area contributed by atoms with Gasteiger partial charge in [0.25, 0.3) is 0 Å². The van der Waals surface area contributed by atoms with Gasteiger partial charge in [-0.3, -0.25) is 5.14 Å². The highest BCUT2D eigenvalue weighted by Gasteiger charge is 2.22. The summed E-state index contributed by atoms with van der Waals surface area (Å²) in [6, 6.07) is 5.33. The van der Waals surface area contributed by atoms with E-state index in [-0.39, 0.29) is 11.2 Å². The molecule has 2 N–H and O–H groups in total. The molecule has 0 saturated carbocycles. The molecule has 16 heavy (non-hydrogen) atoms. The van der Waals surface area contributed by atoms with Gasteiger partial charge in [0.1, 0.15) is 5.75 Å². The maximum absolute atomic E-state index is 11.3. The van der Waals surface area contributed by atoms with E-state index in [0.29, 0.717) is 12.2 Å². The number of carbonyl (C=O) groups excluding carboxylic acids is 1. The second kappa shape index (κ2) is 4.76. The maximum Gasteiger partial charge on any atom is 0.337 e. The monoisotopic (exact) mass is 239 g/mol. The van der Waals surface area contributed by atoms with Gasteiger partial charge in [-0.15, -0.1) is 0 Å². The quantitative estimate of drug-likeness (QED) is 0.631. The molecule has 4 nitrogen and oxygen atoms in total. The van der Waals surface area contributed by atoms with Crippen molar-refractivity contribution < 1.29 is 14.3 Å². The summed E-state index contributed by atoms with van der Waals surface area (Å²) in [5.74, 6) is 0.381. The van der Waals surface area contributed by atoms with Crippen LogP contribution in [0.1, 0.15) is 27.6 Å². The summed E-state index contributed by atoms with van der Waals surface area (Å²) in [4.78, 5) is 11.3. The van der Waals surface area contributed by atoms with E-state index >= 15 is 0 Å². The molecule has 0 amide bonds. The lowest BCUT2D eigenvalue weighted by molar-refractivity contribution is 0.0600. The third kappa shape index (κ3) is 2.01. The van der Waals surface area contributed by atoms with Crippen molar-refractivity contribution in [3.63, 3.8) is 0 Å². The van der Waals surface area contributed by atoms with Crippen molar-refractivity contribution in [2.45, 2.75) is 11.7 Å². The molecule has 1 heterocycles. The molecule has 86 valence electrons. The number of methoxy groups -OCH3 is 1. The number of fused-ring (bicyclic) bond motifs is 1. The van der Waals surface area contributed by atoms with Gasteiger partial charge in [0, 0.05) is 5.56 Å². The van der Waals surface area contributed by atoms with E-state index in [1.165, 1.54) is 19.1 Å². The molecule has 0 aliphatic carbocycles. The Kier molecular flexibility index (Phi) is 3.36. The molecule has 0 bridgehead atoms. The first kappa shape index (κ1) is 11.3. The lowest BCUT2D eigenvalue weighted by Gasteiger charge is -2.24. The Hall–Kier alpha value is -1.20. The number of nitrogens with two attached hydrogens (primary N) is 1. The second-order valence-corrected chi connectivity index (χ2v) is 4.35. The highest BCUT2D eigenvalue weighted by atomic mass is 32.2. The van der Waals surface area contributed by atoms with Crippen molar-refractivity contribution in [2.75, 3.05) is 13.7 Å². The van der Waals surface area contributed by atoms with Gasteiger partial charge in [-0.1, -0.05) is 18.0 Å². The van der Waals surface area contributed by atoms with Crippen LogP contribution in [-0.4, -0.2) is 19.7 Å². The molecule has 0 radical (unpaired) electrons. The van der Waals surface area contributed by atoms with E-state index in [1.807, 2.05) is 6.07 Å². The first-order chi connectivity index (χ1) is 7.76. The highest BCUT2D eigenvalue weighted by molar-refractivity contribution is 7.97. The smallest absolute Gasteiger partial charge is 0.337 e. The SMILES string of the molecule is COC(=O)c1ccc2c(c1)OCCC2SN. The van der Waals surface area contributed by atoms with Crippen molar-refractivity contribution in [3.05, 3.63) is 29.3 Å². The van der Waals surface area contributed by atoms with E-state index in [2.05, 4.69) is 4.74 Å². The molecular weight excluding hydrogens is 226 g/mol. The van der Waals surface area contributed by atoms with Crippen LogP contribution in [0, 0.1) is 0 Å². The minimum absolute atomic E-state index is 0.246. The summed E-state index contributed by atoms with van der Waals surface area (Å²) in [5.41, 5.74) is 1.55. The Morgan fingerprint density at radius 2 is 2.44 bits per heavy atom. The van der Waals surface area contributed by atoms with Crippen LogP contribution in [0.15, 0.2) is 18.2 Å². The molecule has 1 aliphatic heterocycles. The van der Waals surface area contributed by atoms with Crippen LogP contribution in [0.2, 0.25) is 0 Å². The first-order valence-corrected chi connectivity index (χ1v) is 5.91. The number of benzene rings is 1. The minimum Gasteiger partial charge on any atom is -0.493 e. The van der Waals surface area contributed by atoms with Crippen molar-refractivity contribution >= 4 is 17.9 Å². The molecule has 2 rings (SSSR count). The fraction of sp³-hybridized carbons (Fsp3) is 0.364. The van der Waals surface area contributed by atoms with Gasteiger partial charge < -0.3 is 9.47 Å². The molecule has 0 spiro atoms. The van der Waals surface area contributed by atoms with Gasteiger partial charge in [0.05, 0.1) is 24.5 Å². The molecule has 0 saturated heterocycles. The number of rotatable bonds is 2. The van der Waals surface area contributed by atoms with Crippen LogP contribution in [0.25, 0.3) is 0 Å². The van der Waals surface area contributed by atoms with E-state index < -0.39 is 0 Å². The van der Waals surface area contributed by atoms with Crippen molar-refractivity contribution in [3.8, 4) is 5.75 Å². The van der Waals surface area contributed by atoms with E-state index in [0.717, 1.165) is 17.7 Å². The molecule has 1 aliphatic rings. The zero-order chi connectivity index (χ0) is 11.5. The van der Waals surface area contributed by atoms with E-state index in [4.69, 9.17) is 9.88 Å². The summed E-state index contributed by atoms with van der Waals surface area (Å²) in [6.45, 7) is 0.631. The maximum atomic E-state index is 11.3. The molecular formula is C11H13NO3S. The number of hydrogen-bond acceptors (Lipinski definition) is 5. The molecule has 1 aromatic rings. The van der Waals surface area contributed by atoms with Gasteiger partial charge in [-0.25, -0.2) is 4.79 Å². The van der Waals surface area contributed by atoms with Crippen molar-refractivity contribution in [1.29, 1.82) is 0 Å². The average Bonchev–Trinajstić information content (AvgIpc) is 2.36. The number of ether oxygens (including phenoxy) is 2. The number of esters is 1. The predicted octanol–water partition coefficient (Wildman–Crippen LogP) is 1.90. The fourth-order valence-electron chi connectivity index (χ4n) is 1.74. The van der Waals surface area contributed by atoms with Gasteiger partial charge in [-0.2, -0.15) is 0 Å². The first-order valence-electron chi connectivity index (χ1n) is 4.97. The summed E-state index contributed by atoms with van der Waals surface area (Å²) < 4.78 is 10.2. The number of carbonyl (C=O) groups is 1. The standard InChI is InChI=1S/C11H13NO3S/c1-14-11(13)7-2-3-8-9(6-7)15-5-4-10(8)16-12/h2-3,6,10H,4-5,12H2,1H3. The topological polar surface area (TPSA) is 61.5 Å². The number of hydrogen-bond donors (Lipinski definition) is 1. The van der Waals surface area contributed by atoms with Crippen LogP contribution in [0.5, 0.6) is 5.75 Å². The summed E-state index contributed by atoms with van der Waals surface area (Å²) in [5, 5.41) is 5.86. The third-order valence-electron chi connectivity index (χ3n) is 2.58. The van der Waals surface area contributed by atoms with Crippen molar-refractivity contribution in [1.82, 2.24) is 0 Å². The molecule has 5 heteroatoms. The zero-order valence-corrected chi connectivity index (χ0v) is 9.75. The van der Waals surface area contributed by atoms with E-state index in [9.17, 15) is 4.79 Å². The molecule has 1 unspecified atom stereocenters. The van der Waals surface area contributed by atoms with Crippen LogP contribution >= 0.6 is 11.9 Å². The van der Waals surface area contributed by atoms with Gasteiger partial charge in [-0.05, 0) is 18.6 Å². The van der Waals surface area contributed by atoms with Gasteiger partial charge in [0.2, 0.25) is 0 Å². The van der Waals surface area contributed by atoms with Crippen LogP contribution in [-0.2, 0) is 4.74 Å². The highest BCUT2D eigenvalue weighted by Crippen LogP contribution is 2.38. The van der Waals surface area contributed by atoms with E-state index in [1.54, 1.807) is 12.1 Å². The molecule has 0 aromatic heterocycles. The zero-order valence-electron chi connectivity index (χ0n) is 8.93. The lowest BCUT2D eigenvalue weighted by Crippen LogP contribution is -2.14. The Morgan fingerprint density at radius 1 is 1.62 bits per heavy atom. The van der Waals surface area contributed by atoms with Gasteiger partial charge in [0.15, 0.2) is 0 Å². The average molecular weight is 239 g/mol. The lowest BCUT2D eigenvalue weighted by atomic mass is 10.0. The summed E-state index contributed by atoms with van der Waals surface area (Å²) in [6.07, 6.45) is 0.895. The second-order valence-electron chi connectivity index (χ2n) is 3.51. The predicted molar refractivity (Wildman–Crippen MR) is 62.4 cm³/mol. The Labute approximate surface area is 98.2 Å². The molecule has 1 atom stereocenters. The normalized spacial score (nSPS) is 18.5. The van der Waals surface area contributed by atoms with Crippen LogP contribution in [0.3, 0.4) is 0 Å². The van der Waals surface area contributed by atoms with Gasteiger partial charge >= 0.3 is 5.97 Å². The molecule has 0 fully saturated rings. The largest absolute Gasteiger partial charge is 0.493 e. The Bertz CT molecular complexity index is 408. The minimum atomic E-state index is -0.353. The third-order valence-corrected chi connectivity index (χ3v) is 3.40. The van der Waals surface area contributed by atoms with Crippen LogP contribution in [0.4, 0.5) is 0 Å². The van der Waals surface area contributed by atoms with Crippen LogP contribution < -0.4 is 9.88 Å². The molecule has 1 aromatic carbocycles. The Morgan fingerprint density at radius 3 is 3.12 bits per heavy atom. The summed E-state index contributed by atoms with van der Waals surface area (Å²) >= 11 is 1.31. The van der Waals surface area contributed by atoms with Crippen molar-refractivity contribution in [2.24, 2.45) is 5.14 Å². The summed E-state index contributed by atoms with van der Waals surface area (Å²) in [7, 11) is 1.36.